The first kappa shape index (κ1) is 13.8. The molecule has 0 fully saturated rings. The SMILES string of the molecule is O=C(Nc1cncnc1)Nc1cc(Cl)ccc1C(=O)O. The minimum atomic E-state index is -1.17. The summed E-state index contributed by atoms with van der Waals surface area (Å²) in [7, 11) is 0. The number of aromatic nitrogens is 2. The van der Waals surface area contributed by atoms with Gasteiger partial charge in [0.25, 0.3) is 0 Å². The maximum Gasteiger partial charge on any atom is 0.337 e. The molecule has 102 valence electrons. The molecule has 1 heterocycles. The van der Waals surface area contributed by atoms with E-state index in [1.807, 2.05) is 0 Å². The lowest BCUT2D eigenvalue weighted by Crippen LogP contribution is -2.21. The molecular weight excluding hydrogens is 284 g/mol. The number of hydrogen-bond donors (Lipinski definition) is 3. The molecule has 1 aromatic heterocycles. The molecular formula is C12H9ClN4O3. The van der Waals surface area contributed by atoms with Crippen molar-refractivity contribution in [2.24, 2.45) is 0 Å². The zero-order valence-corrected chi connectivity index (χ0v) is 10.8. The molecule has 0 atom stereocenters. The van der Waals surface area contributed by atoms with Gasteiger partial charge in [0, 0.05) is 5.02 Å². The van der Waals surface area contributed by atoms with E-state index in [4.69, 9.17) is 16.7 Å². The first-order valence-corrected chi connectivity index (χ1v) is 5.80. The third-order valence-electron chi connectivity index (χ3n) is 2.28. The normalized spacial score (nSPS) is 9.85. The molecule has 0 aliphatic carbocycles. The standard InChI is InChI=1S/C12H9ClN4O3/c13-7-1-2-9(11(18)19)10(3-7)17-12(20)16-8-4-14-6-15-5-8/h1-6H,(H,18,19)(H2,16,17,20). The average molecular weight is 293 g/mol. The smallest absolute Gasteiger partial charge is 0.337 e. The van der Waals surface area contributed by atoms with Gasteiger partial charge in [0.15, 0.2) is 0 Å². The molecule has 0 unspecified atom stereocenters. The van der Waals surface area contributed by atoms with Crippen LogP contribution in [-0.4, -0.2) is 27.1 Å². The lowest BCUT2D eigenvalue weighted by molar-refractivity contribution is 0.0698. The third-order valence-corrected chi connectivity index (χ3v) is 2.51. The van der Waals surface area contributed by atoms with E-state index < -0.39 is 12.0 Å². The molecule has 0 radical (unpaired) electrons. The van der Waals surface area contributed by atoms with Gasteiger partial charge in [-0.15, -0.1) is 0 Å². The molecule has 0 saturated carbocycles. The number of nitrogens with one attached hydrogen (secondary N) is 2. The van der Waals surface area contributed by atoms with Crippen molar-refractivity contribution in [3.63, 3.8) is 0 Å². The van der Waals surface area contributed by atoms with Gasteiger partial charge in [-0.05, 0) is 18.2 Å². The monoisotopic (exact) mass is 292 g/mol. The molecule has 20 heavy (non-hydrogen) atoms. The number of carbonyl (C=O) groups is 2. The Balaban J connectivity index is 2.15. The number of anilines is 2. The molecule has 2 amide bonds. The van der Waals surface area contributed by atoms with Gasteiger partial charge in [-0.1, -0.05) is 11.6 Å². The number of amides is 2. The maximum atomic E-state index is 11.8. The average Bonchev–Trinajstić information content (AvgIpc) is 2.39. The second-order valence-corrected chi connectivity index (χ2v) is 4.14. The van der Waals surface area contributed by atoms with Crippen molar-refractivity contribution in [3.8, 4) is 0 Å². The van der Waals surface area contributed by atoms with Crippen LogP contribution in [-0.2, 0) is 0 Å². The van der Waals surface area contributed by atoms with Crippen molar-refractivity contribution >= 4 is 35.0 Å². The molecule has 0 bridgehead atoms. The van der Waals surface area contributed by atoms with Crippen LogP contribution in [0.4, 0.5) is 16.2 Å². The lowest BCUT2D eigenvalue weighted by Gasteiger charge is -2.09. The molecule has 3 N–H and O–H groups in total. The van der Waals surface area contributed by atoms with Gasteiger partial charge >= 0.3 is 12.0 Å². The Morgan fingerprint density at radius 3 is 2.50 bits per heavy atom. The highest BCUT2D eigenvalue weighted by Crippen LogP contribution is 2.21. The number of urea groups is 1. The maximum absolute atomic E-state index is 11.8. The molecule has 2 aromatic rings. The molecule has 7 nitrogen and oxygen atoms in total. The van der Waals surface area contributed by atoms with E-state index >= 15 is 0 Å². The predicted octanol–water partition coefficient (Wildman–Crippen LogP) is 2.47. The first-order valence-electron chi connectivity index (χ1n) is 5.42. The summed E-state index contributed by atoms with van der Waals surface area (Å²) >= 11 is 5.78. The van der Waals surface area contributed by atoms with E-state index in [0.717, 1.165) is 0 Å². The summed E-state index contributed by atoms with van der Waals surface area (Å²) < 4.78 is 0. The summed E-state index contributed by atoms with van der Waals surface area (Å²) in [5.41, 5.74) is 0.414. The Labute approximate surface area is 118 Å². The predicted molar refractivity (Wildman–Crippen MR) is 73.1 cm³/mol. The number of carboxylic acid groups (broad SMARTS) is 1. The van der Waals surface area contributed by atoms with Crippen LogP contribution in [0.2, 0.25) is 5.02 Å². The number of benzene rings is 1. The Kier molecular flexibility index (Phi) is 4.11. The first-order chi connectivity index (χ1) is 9.56. The van der Waals surface area contributed by atoms with Gasteiger partial charge in [0.1, 0.15) is 6.33 Å². The van der Waals surface area contributed by atoms with E-state index in [9.17, 15) is 9.59 Å². The minimum absolute atomic E-state index is 0.0612. The molecule has 0 saturated heterocycles. The lowest BCUT2D eigenvalue weighted by atomic mass is 10.2. The van der Waals surface area contributed by atoms with Crippen molar-refractivity contribution in [2.45, 2.75) is 0 Å². The molecule has 0 spiro atoms. The minimum Gasteiger partial charge on any atom is -0.478 e. The summed E-state index contributed by atoms with van der Waals surface area (Å²) in [5, 5.41) is 14.2. The van der Waals surface area contributed by atoms with Crippen molar-refractivity contribution in [3.05, 3.63) is 47.5 Å². The van der Waals surface area contributed by atoms with Crippen LogP contribution in [0.5, 0.6) is 0 Å². The van der Waals surface area contributed by atoms with Crippen LogP contribution in [0.1, 0.15) is 10.4 Å². The number of halogens is 1. The summed E-state index contributed by atoms with van der Waals surface area (Å²) in [5.74, 6) is -1.17. The summed E-state index contributed by atoms with van der Waals surface area (Å²) in [6, 6.07) is 3.47. The number of carbonyl (C=O) groups excluding carboxylic acids is 1. The van der Waals surface area contributed by atoms with Gasteiger partial charge in [-0.2, -0.15) is 0 Å². The van der Waals surface area contributed by atoms with Crippen LogP contribution in [0.15, 0.2) is 36.9 Å². The molecule has 8 heteroatoms. The summed E-state index contributed by atoms with van der Waals surface area (Å²) in [4.78, 5) is 30.3. The number of rotatable bonds is 3. The summed E-state index contributed by atoms with van der Waals surface area (Å²) in [6.45, 7) is 0. The van der Waals surface area contributed by atoms with Crippen LogP contribution in [0, 0.1) is 0 Å². The van der Waals surface area contributed by atoms with Gasteiger partial charge in [-0.25, -0.2) is 19.6 Å². The molecule has 1 aromatic carbocycles. The third kappa shape index (κ3) is 3.42. The number of nitrogens with zero attached hydrogens (tertiary/aromatic N) is 2. The van der Waals surface area contributed by atoms with Gasteiger partial charge in [0.05, 0.1) is 29.3 Å². The molecule has 2 rings (SSSR count). The van der Waals surface area contributed by atoms with E-state index in [1.54, 1.807) is 0 Å². The number of carboxylic acids is 1. The number of aromatic carboxylic acids is 1. The van der Waals surface area contributed by atoms with E-state index in [0.29, 0.717) is 10.7 Å². The largest absolute Gasteiger partial charge is 0.478 e. The van der Waals surface area contributed by atoms with Crippen molar-refractivity contribution in [1.29, 1.82) is 0 Å². The fraction of sp³-hybridized carbons (Fsp3) is 0. The second-order valence-electron chi connectivity index (χ2n) is 3.70. The fourth-order valence-electron chi connectivity index (χ4n) is 1.45. The van der Waals surface area contributed by atoms with Crippen molar-refractivity contribution in [2.75, 3.05) is 10.6 Å². The fourth-order valence-corrected chi connectivity index (χ4v) is 1.63. The van der Waals surface area contributed by atoms with Crippen LogP contribution < -0.4 is 10.6 Å². The Hall–Kier alpha value is -2.67. The van der Waals surface area contributed by atoms with Crippen LogP contribution >= 0.6 is 11.6 Å². The quantitative estimate of drug-likeness (QED) is 0.806. The molecule has 0 aliphatic heterocycles. The van der Waals surface area contributed by atoms with Crippen LogP contribution in [0.3, 0.4) is 0 Å². The Bertz CT molecular complexity index is 648. The van der Waals surface area contributed by atoms with Crippen molar-refractivity contribution in [1.82, 2.24) is 9.97 Å². The molecule has 0 aliphatic rings. The number of hydrogen-bond acceptors (Lipinski definition) is 4. The van der Waals surface area contributed by atoms with E-state index in [1.165, 1.54) is 36.9 Å². The highest BCUT2D eigenvalue weighted by Gasteiger charge is 2.13. The topological polar surface area (TPSA) is 104 Å². The van der Waals surface area contributed by atoms with E-state index in [2.05, 4.69) is 20.6 Å². The van der Waals surface area contributed by atoms with E-state index in [-0.39, 0.29) is 11.3 Å². The summed E-state index contributed by atoms with van der Waals surface area (Å²) in [6.07, 6.45) is 4.13. The zero-order chi connectivity index (χ0) is 14.5. The van der Waals surface area contributed by atoms with Gasteiger partial charge in [0.2, 0.25) is 0 Å². The Morgan fingerprint density at radius 1 is 1.15 bits per heavy atom. The highest BCUT2D eigenvalue weighted by atomic mass is 35.5. The van der Waals surface area contributed by atoms with Crippen LogP contribution in [0.25, 0.3) is 0 Å². The van der Waals surface area contributed by atoms with Crippen molar-refractivity contribution < 1.29 is 14.7 Å². The second kappa shape index (κ2) is 5.98. The van der Waals surface area contributed by atoms with Gasteiger partial charge < -0.3 is 15.7 Å². The zero-order valence-electron chi connectivity index (χ0n) is 10.0. The highest BCUT2D eigenvalue weighted by molar-refractivity contribution is 6.31. The van der Waals surface area contributed by atoms with Gasteiger partial charge in [-0.3, -0.25) is 0 Å². The Morgan fingerprint density at radius 2 is 1.85 bits per heavy atom.